The van der Waals surface area contributed by atoms with Gasteiger partial charge < -0.3 is 16.4 Å². The lowest BCUT2D eigenvalue weighted by molar-refractivity contribution is -0.119. The zero-order valence-electron chi connectivity index (χ0n) is 7.90. The van der Waals surface area contributed by atoms with Crippen LogP contribution in [0.15, 0.2) is 0 Å². The molecule has 0 saturated carbocycles. The van der Waals surface area contributed by atoms with Crippen LogP contribution in [0.25, 0.3) is 0 Å². The van der Waals surface area contributed by atoms with Gasteiger partial charge in [0.1, 0.15) is 0 Å². The highest BCUT2D eigenvalue weighted by Gasteiger charge is 2.22. The molecule has 0 radical (unpaired) electrons. The summed E-state index contributed by atoms with van der Waals surface area (Å²) in [5, 5.41) is 0. The van der Waals surface area contributed by atoms with Gasteiger partial charge >= 0.3 is 0 Å². The number of carbonyl (C=O) groups excluding carboxylic acids is 1. The molecule has 4 N–H and O–H groups in total. The van der Waals surface area contributed by atoms with Gasteiger partial charge in [0.15, 0.2) is 0 Å². The quantitative estimate of drug-likeness (QED) is 0.630. The number of nitrogens with two attached hydrogens (primary N) is 2. The van der Waals surface area contributed by atoms with Crippen LogP contribution >= 0.6 is 11.8 Å². The van der Waals surface area contributed by atoms with Crippen molar-refractivity contribution >= 4 is 17.7 Å². The Hall–Kier alpha value is -0.260. The Labute approximate surface area is 83.0 Å². The molecule has 0 bridgehead atoms. The van der Waals surface area contributed by atoms with Crippen molar-refractivity contribution < 1.29 is 4.79 Å². The molecular weight excluding hydrogens is 186 g/mol. The lowest BCUT2D eigenvalue weighted by atomic mass is 10.2. The van der Waals surface area contributed by atoms with Crippen LogP contribution in [0.3, 0.4) is 0 Å². The van der Waals surface area contributed by atoms with E-state index in [9.17, 15) is 4.79 Å². The van der Waals surface area contributed by atoms with Crippen LogP contribution in [0, 0.1) is 0 Å². The minimum Gasteiger partial charge on any atom is -0.368 e. The van der Waals surface area contributed by atoms with Crippen molar-refractivity contribution in [3.8, 4) is 0 Å². The van der Waals surface area contributed by atoms with E-state index in [2.05, 4.69) is 4.90 Å². The maximum absolute atomic E-state index is 10.7. The molecule has 1 aliphatic rings. The van der Waals surface area contributed by atoms with Gasteiger partial charge in [-0.1, -0.05) is 0 Å². The van der Waals surface area contributed by atoms with Gasteiger partial charge in [0.2, 0.25) is 5.91 Å². The number of carbonyl (C=O) groups is 1. The predicted octanol–water partition coefficient (Wildman–Crippen LogP) is -0.764. The molecule has 0 aromatic heterocycles. The number of hydrogen-bond acceptors (Lipinski definition) is 4. The second-order valence-electron chi connectivity index (χ2n) is 3.47. The number of likely N-dealkylation sites (N-methyl/N-ethyl adjacent to an activating group) is 1. The van der Waals surface area contributed by atoms with Gasteiger partial charge in [0.05, 0.1) is 6.04 Å². The van der Waals surface area contributed by atoms with E-state index in [1.807, 2.05) is 18.8 Å². The highest BCUT2D eigenvalue weighted by molar-refractivity contribution is 7.99. The Bertz CT molecular complexity index is 182. The van der Waals surface area contributed by atoms with Crippen molar-refractivity contribution in [1.29, 1.82) is 0 Å². The summed E-state index contributed by atoms with van der Waals surface area (Å²) >= 11 is 1.95. The average Bonchev–Trinajstić information content (AvgIpc) is 2.55. The summed E-state index contributed by atoms with van der Waals surface area (Å²) in [6.45, 7) is 0.570. The summed E-state index contributed by atoms with van der Waals surface area (Å²) in [7, 11) is 2.00. The second-order valence-corrected chi connectivity index (χ2v) is 4.62. The topological polar surface area (TPSA) is 72.3 Å². The van der Waals surface area contributed by atoms with Crippen LogP contribution in [-0.2, 0) is 4.79 Å². The van der Waals surface area contributed by atoms with Gasteiger partial charge in [0.25, 0.3) is 0 Å². The third kappa shape index (κ3) is 3.17. The van der Waals surface area contributed by atoms with Crippen LogP contribution < -0.4 is 11.5 Å². The molecule has 0 spiro atoms. The minimum atomic E-state index is -0.532. The van der Waals surface area contributed by atoms with Gasteiger partial charge in [-0.25, -0.2) is 0 Å². The first-order valence-corrected chi connectivity index (χ1v) is 5.59. The molecule has 1 aliphatic heterocycles. The highest BCUT2D eigenvalue weighted by atomic mass is 32.2. The highest BCUT2D eigenvalue weighted by Crippen LogP contribution is 2.21. The summed E-state index contributed by atoms with van der Waals surface area (Å²) in [5.41, 5.74) is 10.6. The molecule has 13 heavy (non-hydrogen) atoms. The summed E-state index contributed by atoms with van der Waals surface area (Å²) < 4.78 is 0. The number of thioether (sulfide) groups is 1. The smallest absolute Gasteiger partial charge is 0.235 e. The second kappa shape index (κ2) is 4.83. The van der Waals surface area contributed by atoms with Crippen molar-refractivity contribution in [2.24, 2.45) is 11.5 Å². The Balaban J connectivity index is 2.30. The summed E-state index contributed by atoms with van der Waals surface area (Å²) in [6.07, 6.45) is 1.19. The molecule has 0 aromatic rings. The Kier molecular flexibility index (Phi) is 4.02. The van der Waals surface area contributed by atoms with Crippen LogP contribution in [0.5, 0.6) is 0 Å². The van der Waals surface area contributed by atoms with E-state index in [4.69, 9.17) is 11.5 Å². The van der Waals surface area contributed by atoms with Crippen molar-refractivity contribution in [3.05, 3.63) is 0 Å². The first-order valence-electron chi connectivity index (χ1n) is 4.44. The standard InChI is InChI=1S/C8H17N3OS/c1-11(4-7(9)8(10)12)6-2-3-13-5-6/h6-7H,2-5,9H2,1H3,(H2,10,12). The monoisotopic (exact) mass is 203 g/mol. The number of amides is 1. The Morgan fingerprint density at radius 2 is 2.46 bits per heavy atom. The lowest BCUT2D eigenvalue weighted by Crippen LogP contribution is -2.47. The molecule has 1 heterocycles. The van der Waals surface area contributed by atoms with Gasteiger partial charge in [-0.15, -0.1) is 0 Å². The maximum Gasteiger partial charge on any atom is 0.235 e. The molecule has 2 unspecified atom stereocenters. The molecule has 0 aromatic carbocycles. The van der Waals surface area contributed by atoms with E-state index in [-0.39, 0.29) is 0 Å². The van der Waals surface area contributed by atoms with Crippen LogP contribution in [0.1, 0.15) is 6.42 Å². The van der Waals surface area contributed by atoms with Gasteiger partial charge in [-0.05, 0) is 19.2 Å². The van der Waals surface area contributed by atoms with E-state index >= 15 is 0 Å². The average molecular weight is 203 g/mol. The van der Waals surface area contributed by atoms with Crippen molar-refractivity contribution in [1.82, 2.24) is 4.90 Å². The van der Waals surface area contributed by atoms with Crippen LogP contribution in [0.2, 0.25) is 0 Å². The molecule has 4 nitrogen and oxygen atoms in total. The number of nitrogens with zero attached hydrogens (tertiary/aromatic N) is 1. The maximum atomic E-state index is 10.7. The minimum absolute atomic E-state index is 0.419. The van der Waals surface area contributed by atoms with Crippen LogP contribution in [0.4, 0.5) is 0 Å². The van der Waals surface area contributed by atoms with Gasteiger partial charge in [-0.2, -0.15) is 11.8 Å². The van der Waals surface area contributed by atoms with E-state index in [0.29, 0.717) is 12.6 Å². The summed E-state index contributed by atoms with van der Waals surface area (Å²) in [5.74, 6) is 1.93. The largest absolute Gasteiger partial charge is 0.368 e. The number of hydrogen-bond donors (Lipinski definition) is 2. The van der Waals surface area contributed by atoms with Crippen LogP contribution in [-0.4, -0.2) is 48.0 Å². The Morgan fingerprint density at radius 1 is 1.77 bits per heavy atom. The summed E-state index contributed by atoms with van der Waals surface area (Å²) in [6, 6.07) is 0.0333. The first-order chi connectivity index (χ1) is 6.11. The van der Waals surface area contributed by atoms with Gasteiger partial charge in [-0.3, -0.25) is 4.79 Å². The molecule has 1 amide bonds. The van der Waals surface area contributed by atoms with E-state index in [1.54, 1.807) is 0 Å². The number of rotatable bonds is 4. The third-order valence-electron chi connectivity index (χ3n) is 2.38. The van der Waals surface area contributed by atoms with Crippen molar-refractivity contribution in [2.75, 3.05) is 25.1 Å². The third-order valence-corrected chi connectivity index (χ3v) is 3.52. The first kappa shape index (κ1) is 10.8. The molecule has 2 atom stereocenters. The molecular formula is C8H17N3OS. The molecule has 1 rings (SSSR count). The number of primary amides is 1. The van der Waals surface area contributed by atoms with Gasteiger partial charge in [0, 0.05) is 18.3 Å². The molecule has 5 heteroatoms. The SMILES string of the molecule is CN(CC(N)C(N)=O)C1CCSC1. The fourth-order valence-corrected chi connectivity index (χ4v) is 2.72. The van der Waals surface area contributed by atoms with E-state index in [1.165, 1.54) is 12.2 Å². The Morgan fingerprint density at radius 3 is 2.92 bits per heavy atom. The fourth-order valence-electron chi connectivity index (χ4n) is 1.42. The fraction of sp³-hybridized carbons (Fsp3) is 0.875. The summed E-state index contributed by atoms with van der Waals surface area (Å²) in [4.78, 5) is 12.8. The van der Waals surface area contributed by atoms with Crippen molar-refractivity contribution in [2.45, 2.75) is 18.5 Å². The normalized spacial score (nSPS) is 25.0. The molecule has 76 valence electrons. The lowest BCUT2D eigenvalue weighted by Gasteiger charge is -2.25. The molecule has 1 fully saturated rings. The van der Waals surface area contributed by atoms with Crippen molar-refractivity contribution in [3.63, 3.8) is 0 Å². The predicted molar refractivity (Wildman–Crippen MR) is 55.5 cm³/mol. The zero-order valence-corrected chi connectivity index (χ0v) is 8.72. The molecule has 0 aliphatic carbocycles. The zero-order chi connectivity index (χ0) is 9.84. The van der Waals surface area contributed by atoms with E-state index in [0.717, 1.165) is 5.75 Å². The van der Waals surface area contributed by atoms with E-state index < -0.39 is 11.9 Å². The molecule has 1 saturated heterocycles.